The lowest BCUT2D eigenvalue weighted by molar-refractivity contribution is 0.442. The average molecular weight is 202 g/mol. The molecule has 2 rings (SSSR count). The molecule has 0 spiro atoms. The van der Waals surface area contributed by atoms with E-state index in [4.69, 9.17) is 4.74 Å². The molecule has 76 valence electrons. The lowest BCUT2D eigenvalue weighted by Crippen LogP contribution is -1.87. The van der Waals surface area contributed by atoms with Crippen molar-refractivity contribution in [3.05, 3.63) is 59.9 Å². The molecule has 2 aromatic carbocycles. The Morgan fingerprint density at radius 2 is 1.60 bits per heavy atom. The summed E-state index contributed by atoms with van der Waals surface area (Å²) in [6.07, 6.45) is 0. The molecule has 0 N–H and O–H groups in total. The molecular formula is C13H11FO. The maximum atomic E-state index is 13.2. The summed E-state index contributed by atoms with van der Waals surface area (Å²) in [4.78, 5) is 0. The average Bonchev–Trinajstić information content (AvgIpc) is 2.25. The first-order valence-electron chi connectivity index (χ1n) is 4.75. The Morgan fingerprint density at radius 3 is 2.27 bits per heavy atom. The lowest BCUT2D eigenvalue weighted by Gasteiger charge is -2.06. The van der Waals surface area contributed by atoms with Crippen LogP contribution in [0.25, 0.3) is 0 Å². The van der Waals surface area contributed by atoms with Crippen molar-refractivity contribution in [1.29, 1.82) is 0 Å². The Kier molecular flexibility index (Phi) is 2.68. The zero-order valence-corrected chi connectivity index (χ0v) is 8.41. The molecule has 0 amide bonds. The zero-order chi connectivity index (χ0) is 10.7. The maximum absolute atomic E-state index is 13.2. The second kappa shape index (κ2) is 4.13. The van der Waals surface area contributed by atoms with Crippen molar-refractivity contribution in [3.63, 3.8) is 0 Å². The van der Waals surface area contributed by atoms with Gasteiger partial charge in [0.05, 0.1) is 0 Å². The predicted octanol–water partition coefficient (Wildman–Crippen LogP) is 3.93. The highest BCUT2D eigenvalue weighted by Gasteiger charge is 2.02. The van der Waals surface area contributed by atoms with Gasteiger partial charge in [-0.25, -0.2) is 4.39 Å². The number of halogens is 1. The van der Waals surface area contributed by atoms with Gasteiger partial charge in [0.2, 0.25) is 0 Å². The maximum Gasteiger partial charge on any atom is 0.165 e. The van der Waals surface area contributed by atoms with Crippen LogP contribution < -0.4 is 4.74 Å². The summed E-state index contributed by atoms with van der Waals surface area (Å²) in [7, 11) is 0. The molecule has 0 saturated heterocycles. The number of aryl methyl sites for hydroxylation is 1. The molecule has 0 aliphatic rings. The smallest absolute Gasteiger partial charge is 0.165 e. The first-order chi connectivity index (χ1) is 7.25. The van der Waals surface area contributed by atoms with Crippen LogP contribution in [-0.4, -0.2) is 0 Å². The molecule has 0 atom stereocenters. The molecule has 0 radical (unpaired) electrons. The monoisotopic (exact) mass is 202 g/mol. The van der Waals surface area contributed by atoms with Crippen molar-refractivity contribution in [1.82, 2.24) is 0 Å². The largest absolute Gasteiger partial charge is 0.454 e. The molecule has 0 aliphatic carbocycles. The van der Waals surface area contributed by atoms with E-state index in [1.54, 1.807) is 18.2 Å². The third-order valence-corrected chi connectivity index (χ3v) is 2.09. The van der Waals surface area contributed by atoms with Crippen molar-refractivity contribution in [3.8, 4) is 11.5 Å². The van der Waals surface area contributed by atoms with E-state index >= 15 is 0 Å². The lowest BCUT2D eigenvalue weighted by atomic mass is 10.2. The Labute approximate surface area is 88.1 Å². The van der Waals surface area contributed by atoms with Gasteiger partial charge >= 0.3 is 0 Å². The molecule has 2 aromatic rings. The minimum absolute atomic E-state index is 0.251. The van der Waals surface area contributed by atoms with Crippen LogP contribution in [0.4, 0.5) is 4.39 Å². The summed E-state index contributed by atoms with van der Waals surface area (Å²) in [5.74, 6) is 0.546. The standard InChI is InChI=1S/C13H11FO/c1-10-6-8-11(9-7-10)15-13-5-3-2-4-12(13)14/h2-9H,1H3. The van der Waals surface area contributed by atoms with Gasteiger partial charge in [-0.2, -0.15) is 0 Å². The molecule has 0 heterocycles. The van der Waals surface area contributed by atoms with Crippen molar-refractivity contribution < 1.29 is 9.13 Å². The highest BCUT2D eigenvalue weighted by Crippen LogP contribution is 2.23. The Balaban J connectivity index is 2.22. The first kappa shape index (κ1) is 9.71. The quantitative estimate of drug-likeness (QED) is 0.717. The molecule has 0 fully saturated rings. The van der Waals surface area contributed by atoms with Gasteiger partial charge in [-0.15, -0.1) is 0 Å². The summed E-state index contributed by atoms with van der Waals surface area (Å²) in [6.45, 7) is 1.99. The van der Waals surface area contributed by atoms with Gasteiger partial charge in [0.1, 0.15) is 5.75 Å². The van der Waals surface area contributed by atoms with Gasteiger partial charge in [0, 0.05) is 0 Å². The van der Waals surface area contributed by atoms with Gasteiger partial charge in [-0.1, -0.05) is 29.8 Å². The summed E-state index contributed by atoms with van der Waals surface area (Å²) >= 11 is 0. The molecule has 15 heavy (non-hydrogen) atoms. The minimum Gasteiger partial charge on any atom is -0.454 e. The van der Waals surface area contributed by atoms with Gasteiger partial charge < -0.3 is 4.74 Å². The minimum atomic E-state index is -0.349. The Hall–Kier alpha value is -1.83. The third kappa shape index (κ3) is 2.34. The number of hydrogen-bond acceptors (Lipinski definition) is 1. The van der Waals surface area contributed by atoms with Crippen LogP contribution in [0, 0.1) is 12.7 Å². The van der Waals surface area contributed by atoms with Crippen LogP contribution in [-0.2, 0) is 0 Å². The second-order valence-electron chi connectivity index (χ2n) is 3.35. The van der Waals surface area contributed by atoms with Gasteiger partial charge in [-0.05, 0) is 31.2 Å². The van der Waals surface area contributed by atoms with Gasteiger partial charge in [-0.3, -0.25) is 0 Å². The highest BCUT2D eigenvalue weighted by atomic mass is 19.1. The molecule has 0 saturated carbocycles. The fourth-order valence-electron chi connectivity index (χ4n) is 1.26. The van der Waals surface area contributed by atoms with Crippen molar-refractivity contribution >= 4 is 0 Å². The van der Waals surface area contributed by atoms with Crippen molar-refractivity contribution in [2.24, 2.45) is 0 Å². The second-order valence-corrected chi connectivity index (χ2v) is 3.35. The topological polar surface area (TPSA) is 9.23 Å². The summed E-state index contributed by atoms with van der Waals surface area (Å²) in [6, 6.07) is 13.9. The number of rotatable bonds is 2. The fraction of sp³-hybridized carbons (Fsp3) is 0.0769. The van der Waals surface area contributed by atoms with Crippen LogP contribution in [0.2, 0.25) is 0 Å². The van der Waals surface area contributed by atoms with E-state index in [-0.39, 0.29) is 11.6 Å². The van der Waals surface area contributed by atoms with E-state index in [0.717, 1.165) is 5.56 Å². The summed E-state index contributed by atoms with van der Waals surface area (Å²) in [5.41, 5.74) is 1.15. The highest BCUT2D eigenvalue weighted by molar-refractivity contribution is 5.33. The molecule has 0 bridgehead atoms. The van der Waals surface area contributed by atoms with Gasteiger partial charge in [0.15, 0.2) is 11.6 Å². The normalized spacial score (nSPS) is 10.0. The van der Waals surface area contributed by atoms with E-state index in [1.165, 1.54) is 6.07 Å². The Morgan fingerprint density at radius 1 is 0.933 bits per heavy atom. The molecular weight excluding hydrogens is 191 g/mol. The van der Waals surface area contributed by atoms with E-state index < -0.39 is 0 Å². The summed E-state index contributed by atoms with van der Waals surface area (Å²) in [5, 5.41) is 0. The molecule has 0 unspecified atom stereocenters. The number of para-hydroxylation sites is 1. The SMILES string of the molecule is Cc1ccc(Oc2ccccc2F)cc1. The number of hydrogen-bond donors (Lipinski definition) is 0. The number of benzene rings is 2. The van der Waals surface area contributed by atoms with Gasteiger partial charge in [0.25, 0.3) is 0 Å². The first-order valence-corrected chi connectivity index (χ1v) is 4.75. The third-order valence-electron chi connectivity index (χ3n) is 2.09. The van der Waals surface area contributed by atoms with E-state index in [1.807, 2.05) is 31.2 Å². The van der Waals surface area contributed by atoms with Crippen molar-refractivity contribution in [2.45, 2.75) is 6.92 Å². The van der Waals surface area contributed by atoms with Crippen LogP contribution in [0.1, 0.15) is 5.56 Å². The van der Waals surface area contributed by atoms with Crippen LogP contribution in [0.15, 0.2) is 48.5 Å². The van der Waals surface area contributed by atoms with Crippen LogP contribution >= 0.6 is 0 Å². The predicted molar refractivity (Wildman–Crippen MR) is 57.7 cm³/mol. The molecule has 0 aliphatic heterocycles. The fourth-order valence-corrected chi connectivity index (χ4v) is 1.26. The molecule has 2 heteroatoms. The zero-order valence-electron chi connectivity index (χ0n) is 8.41. The van der Waals surface area contributed by atoms with Crippen molar-refractivity contribution in [2.75, 3.05) is 0 Å². The molecule has 1 nitrogen and oxygen atoms in total. The Bertz CT molecular complexity index is 448. The van der Waals surface area contributed by atoms with E-state index in [0.29, 0.717) is 5.75 Å². The molecule has 0 aromatic heterocycles. The van der Waals surface area contributed by atoms with E-state index in [9.17, 15) is 4.39 Å². The van der Waals surface area contributed by atoms with Crippen LogP contribution in [0.5, 0.6) is 11.5 Å². The number of ether oxygens (including phenoxy) is 1. The van der Waals surface area contributed by atoms with Crippen LogP contribution in [0.3, 0.4) is 0 Å². The summed E-state index contributed by atoms with van der Waals surface area (Å²) < 4.78 is 18.6. The van der Waals surface area contributed by atoms with E-state index in [2.05, 4.69) is 0 Å².